The smallest absolute Gasteiger partial charge is 0.282 e. The summed E-state index contributed by atoms with van der Waals surface area (Å²) in [6.45, 7) is 0. The highest BCUT2D eigenvalue weighted by Crippen LogP contribution is 2.41. The van der Waals surface area contributed by atoms with Gasteiger partial charge >= 0.3 is 0 Å². The van der Waals surface area contributed by atoms with Crippen LogP contribution in [-0.2, 0) is 40.5 Å². The Morgan fingerprint density at radius 1 is 0.435 bits per heavy atom. The summed E-state index contributed by atoms with van der Waals surface area (Å²) in [4.78, 5) is 9.58. The van der Waals surface area contributed by atoms with Crippen molar-refractivity contribution in [2.24, 2.45) is 20.0 Å². The topological polar surface area (TPSA) is 267 Å². The zero-order valence-electron chi connectivity index (χ0n) is 22.4. The van der Waals surface area contributed by atoms with E-state index in [1.165, 1.54) is 18.2 Å². The highest BCUT2D eigenvalue weighted by molar-refractivity contribution is 7.91. The van der Waals surface area contributed by atoms with E-state index in [0.29, 0.717) is 28.5 Å². The average Bonchev–Trinajstić information content (AvgIpc) is 3.71. The predicted molar refractivity (Wildman–Crippen MR) is 163 cm³/mol. The summed E-state index contributed by atoms with van der Waals surface area (Å²) in [7, 11) is -23.8. The number of hydrogen-bond acceptors (Lipinski definition) is 12. The van der Waals surface area contributed by atoms with Crippen molar-refractivity contribution < 1.29 is 51.9 Å². The Kier molecular flexibility index (Phi) is 7.18. The molecule has 236 valence electrons. The molecule has 8 bridgehead atoms. The number of nitrogens with zero attached hydrogens (tertiary/aromatic N) is 4. The summed E-state index contributed by atoms with van der Waals surface area (Å²) >= 11 is 0. The van der Waals surface area contributed by atoms with E-state index in [1.807, 2.05) is 0 Å². The van der Waals surface area contributed by atoms with Gasteiger partial charge in [-0.2, -0.15) is 33.7 Å². The van der Waals surface area contributed by atoms with Gasteiger partial charge in [0.25, 0.3) is 40.5 Å². The second kappa shape index (κ2) is 10.5. The molecule has 0 atom stereocenters. The van der Waals surface area contributed by atoms with Crippen molar-refractivity contribution in [3.8, 4) is 0 Å². The standard InChI is InChI=1S/C26H16N4O12S4/c31-43(32,33)23-12-21(24(44(34,35)36)26(46(40,41)42)25(23)45(37,38)39)20-10-19-9-17-4-3-15(28-17)7-13-1-2-14(27-13)8-16-5-6-18(29-16)11-22(20)30-19/h1-12H,(H,31,32,33)(H,34,35,36)(H,37,38,39)(H,40,41,42). The number of rotatable bonds is 5. The third-order valence-corrected chi connectivity index (χ3v) is 10.6. The monoisotopic (exact) mass is 704 g/mol. The van der Waals surface area contributed by atoms with Crippen molar-refractivity contribution >= 4 is 68.9 Å². The molecule has 16 nitrogen and oxygen atoms in total. The van der Waals surface area contributed by atoms with Gasteiger partial charge in [0.2, 0.25) is 0 Å². The molecule has 0 saturated heterocycles. The van der Waals surface area contributed by atoms with Crippen LogP contribution in [-0.4, -0.2) is 74.7 Å². The second-order valence-corrected chi connectivity index (χ2v) is 15.2. The Hall–Kier alpha value is -4.54. The van der Waals surface area contributed by atoms with E-state index < -0.39 is 71.2 Å². The van der Waals surface area contributed by atoms with Crippen LogP contribution in [0.1, 0.15) is 5.56 Å². The summed E-state index contributed by atoms with van der Waals surface area (Å²) in [5, 5.41) is 0. The largest absolute Gasteiger partial charge is 0.297 e. The van der Waals surface area contributed by atoms with Crippen LogP contribution in [0.3, 0.4) is 0 Å². The summed E-state index contributed by atoms with van der Waals surface area (Å²) in [6, 6.07) is 0.195. The molecule has 0 saturated carbocycles. The molecule has 5 aliphatic heterocycles. The van der Waals surface area contributed by atoms with Gasteiger partial charge in [-0.3, -0.25) is 18.2 Å². The fourth-order valence-electron chi connectivity index (χ4n) is 4.84. The third kappa shape index (κ3) is 6.02. The van der Waals surface area contributed by atoms with Crippen LogP contribution in [0.15, 0.2) is 135 Å². The fraction of sp³-hybridized carbons (Fsp3) is 0. The average molecular weight is 705 g/mol. The Morgan fingerprint density at radius 3 is 1.30 bits per heavy atom. The minimum absolute atomic E-state index is 0.0204. The predicted octanol–water partition coefficient (Wildman–Crippen LogP) is 2.09. The molecule has 20 heteroatoms. The van der Waals surface area contributed by atoms with Crippen molar-refractivity contribution in [3.63, 3.8) is 0 Å². The quantitative estimate of drug-likeness (QED) is 0.321. The van der Waals surface area contributed by atoms with Gasteiger partial charge < -0.3 is 0 Å². The minimum atomic E-state index is -6.10. The van der Waals surface area contributed by atoms with Crippen molar-refractivity contribution in [3.05, 3.63) is 101 Å². The highest BCUT2D eigenvalue weighted by atomic mass is 32.2. The van der Waals surface area contributed by atoms with Crippen molar-refractivity contribution in [2.45, 2.75) is 19.6 Å². The van der Waals surface area contributed by atoms with E-state index in [-0.39, 0.29) is 23.2 Å². The molecule has 6 rings (SSSR count). The maximum atomic E-state index is 12.7. The molecule has 5 aliphatic rings. The van der Waals surface area contributed by atoms with E-state index in [1.54, 1.807) is 42.5 Å². The normalized spacial score (nSPS) is 19.2. The molecule has 0 aliphatic carbocycles. The van der Waals surface area contributed by atoms with Crippen LogP contribution >= 0.6 is 0 Å². The highest BCUT2D eigenvalue weighted by Gasteiger charge is 2.41. The molecule has 0 aromatic heterocycles. The van der Waals surface area contributed by atoms with Crippen molar-refractivity contribution in [2.75, 3.05) is 0 Å². The van der Waals surface area contributed by atoms with Crippen LogP contribution in [0.2, 0.25) is 0 Å². The van der Waals surface area contributed by atoms with Gasteiger partial charge in [0.05, 0.1) is 45.6 Å². The first-order valence-corrected chi connectivity index (χ1v) is 18.1. The zero-order valence-corrected chi connectivity index (χ0v) is 25.7. The van der Waals surface area contributed by atoms with E-state index >= 15 is 0 Å². The second-order valence-electron chi connectivity index (χ2n) is 9.75. The van der Waals surface area contributed by atoms with Crippen LogP contribution in [0.4, 0.5) is 0 Å². The molecule has 4 N–H and O–H groups in total. The lowest BCUT2D eigenvalue weighted by atomic mass is 10.0. The molecular weight excluding hydrogens is 689 g/mol. The Balaban J connectivity index is 1.71. The van der Waals surface area contributed by atoms with E-state index in [4.69, 9.17) is 0 Å². The molecule has 46 heavy (non-hydrogen) atoms. The Labute approximate surface area is 260 Å². The van der Waals surface area contributed by atoms with E-state index in [0.717, 1.165) is 6.08 Å². The molecule has 0 fully saturated rings. The zero-order chi connectivity index (χ0) is 33.4. The molecule has 0 amide bonds. The summed E-state index contributed by atoms with van der Waals surface area (Å²) in [5.41, 5.74) is 0.940. The summed E-state index contributed by atoms with van der Waals surface area (Å²) in [5.74, 6) is 0. The Morgan fingerprint density at radius 2 is 0.870 bits per heavy atom. The fourth-order valence-corrected chi connectivity index (χ4v) is 9.59. The SMILES string of the molecule is O=S(=O)(O)c1cc(C2=CC3=CC4=NC(=CC5=NC(=CC6=NC(=CC2=N3)C=C6)C=C5)C=C4)c(S(=O)(=O)O)c(S(=O)(=O)O)c1S(=O)(=O)O. The van der Waals surface area contributed by atoms with Gasteiger partial charge in [-0.1, -0.05) is 0 Å². The van der Waals surface area contributed by atoms with Gasteiger partial charge in [0.1, 0.15) is 19.6 Å². The first-order valence-electron chi connectivity index (χ1n) is 12.4. The van der Waals surface area contributed by atoms with Gasteiger partial charge in [0, 0.05) is 11.1 Å². The van der Waals surface area contributed by atoms with Crippen LogP contribution in [0, 0.1) is 0 Å². The number of allylic oxidation sites excluding steroid dienone is 12. The molecule has 0 radical (unpaired) electrons. The Bertz CT molecular complexity index is 2540. The van der Waals surface area contributed by atoms with Crippen molar-refractivity contribution in [1.29, 1.82) is 0 Å². The van der Waals surface area contributed by atoms with Gasteiger partial charge in [0.15, 0.2) is 0 Å². The lowest BCUT2D eigenvalue weighted by Crippen LogP contribution is -2.21. The van der Waals surface area contributed by atoms with Gasteiger partial charge in [-0.25, -0.2) is 20.0 Å². The third-order valence-electron chi connectivity index (χ3n) is 6.54. The lowest BCUT2D eigenvalue weighted by Gasteiger charge is -2.17. The lowest BCUT2D eigenvalue weighted by molar-refractivity contribution is 0.446. The maximum Gasteiger partial charge on any atom is 0.297 e. The summed E-state index contributed by atoms with van der Waals surface area (Å²) in [6.07, 6.45) is 17.0. The number of fused-ring (bicyclic) bond motifs is 4. The van der Waals surface area contributed by atoms with Crippen LogP contribution in [0.25, 0.3) is 5.57 Å². The molecule has 1 aromatic rings. The van der Waals surface area contributed by atoms with Crippen LogP contribution in [0.5, 0.6) is 0 Å². The van der Waals surface area contributed by atoms with Crippen LogP contribution < -0.4 is 0 Å². The maximum absolute atomic E-state index is 12.7. The summed E-state index contributed by atoms with van der Waals surface area (Å²) < 4.78 is 139. The number of aliphatic imine (C=N–C) groups is 4. The molecule has 1 aromatic carbocycles. The van der Waals surface area contributed by atoms with E-state index in [9.17, 15) is 51.9 Å². The van der Waals surface area contributed by atoms with Gasteiger partial charge in [-0.05, 0) is 72.9 Å². The number of hydrogen-bond donors (Lipinski definition) is 4. The minimum Gasteiger partial charge on any atom is -0.282 e. The van der Waals surface area contributed by atoms with E-state index in [2.05, 4.69) is 20.0 Å². The molecule has 0 unspecified atom stereocenters. The van der Waals surface area contributed by atoms with Gasteiger partial charge in [-0.15, -0.1) is 0 Å². The molecule has 0 spiro atoms. The molecular formula is C26H16N4O12S4. The first kappa shape index (κ1) is 31.4. The van der Waals surface area contributed by atoms with Crippen molar-refractivity contribution in [1.82, 2.24) is 0 Å². The number of benzene rings is 1. The first-order chi connectivity index (χ1) is 21.3. The molecule has 5 heterocycles.